The van der Waals surface area contributed by atoms with E-state index in [1.54, 1.807) is 0 Å². The quantitative estimate of drug-likeness (QED) is 0.598. The van der Waals surface area contributed by atoms with Crippen molar-refractivity contribution in [3.05, 3.63) is 0 Å². The third-order valence-corrected chi connectivity index (χ3v) is 4.41. The first-order valence-electron chi connectivity index (χ1n) is 8.05. The SMILES string of the molecule is CC(C)CCCCCCNC(=O)CC1(CN)CCC1. The molecule has 1 rings (SSSR count). The Kier molecular flexibility index (Phi) is 7.44. The number of hydrogen-bond acceptors (Lipinski definition) is 2. The molecule has 19 heavy (non-hydrogen) atoms. The maximum absolute atomic E-state index is 11.8. The van der Waals surface area contributed by atoms with Crippen LogP contribution in [-0.4, -0.2) is 19.0 Å². The Bertz CT molecular complexity index is 254. The lowest BCUT2D eigenvalue weighted by atomic mass is 9.66. The van der Waals surface area contributed by atoms with Gasteiger partial charge in [0, 0.05) is 13.0 Å². The van der Waals surface area contributed by atoms with Crippen LogP contribution < -0.4 is 11.1 Å². The minimum Gasteiger partial charge on any atom is -0.356 e. The first-order valence-corrected chi connectivity index (χ1v) is 8.05. The summed E-state index contributed by atoms with van der Waals surface area (Å²) in [7, 11) is 0. The number of rotatable bonds is 10. The van der Waals surface area contributed by atoms with Crippen LogP contribution >= 0.6 is 0 Å². The fraction of sp³-hybridized carbons (Fsp3) is 0.938. The van der Waals surface area contributed by atoms with E-state index >= 15 is 0 Å². The maximum Gasteiger partial charge on any atom is 0.220 e. The van der Waals surface area contributed by atoms with Gasteiger partial charge in [-0.15, -0.1) is 0 Å². The highest BCUT2D eigenvalue weighted by atomic mass is 16.1. The van der Waals surface area contributed by atoms with Gasteiger partial charge in [-0.3, -0.25) is 4.79 Å². The number of amides is 1. The Balaban J connectivity index is 1.96. The van der Waals surface area contributed by atoms with Crippen LogP contribution in [0, 0.1) is 11.3 Å². The first-order chi connectivity index (χ1) is 9.08. The van der Waals surface area contributed by atoms with E-state index in [-0.39, 0.29) is 11.3 Å². The summed E-state index contributed by atoms with van der Waals surface area (Å²) in [6.07, 6.45) is 10.4. The minimum atomic E-state index is 0.140. The van der Waals surface area contributed by atoms with Gasteiger partial charge in [0.05, 0.1) is 0 Å². The van der Waals surface area contributed by atoms with Crippen molar-refractivity contribution in [1.29, 1.82) is 0 Å². The Hall–Kier alpha value is -0.570. The van der Waals surface area contributed by atoms with Crippen molar-refractivity contribution < 1.29 is 4.79 Å². The second kappa shape index (κ2) is 8.57. The van der Waals surface area contributed by atoms with Crippen LogP contribution in [0.5, 0.6) is 0 Å². The van der Waals surface area contributed by atoms with E-state index in [1.807, 2.05) is 0 Å². The van der Waals surface area contributed by atoms with Crippen molar-refractivity contribution >= 4 is 5.91 Å². The average molecular weight is 268 g/mol. The molecule has 0 atom stereocenters. The smallest absolute Gasteiger partial charge is 0.220 e. The molecule has 0 aromatic rings. The minimum absolute atomic E-state index is 0.140. The number of nitrogens with two attached hydrogens (primary N) is 1. The number of nitrogens with one attached hydrogen (secondary N) is 1. The van der Waals surface area contributed by atoms with Gasteiger partial charge < -0.3 is 11.1 Å². The van der Waals surface area contributed by atoms with Gasteiger partial charge in [0.25, 0.3) is 0 Å². The van der Waals surface area contributed by atoms with Gasteiger partial charge in [-0.2, -0.15) is 0 Å². The van der Waals surface area contributed by atoms with E-state index in [9.17, 15) is 4.79 Å². The summed E-state index contributed by atoms with van der Waals surface area (Å²) in [6.45, 7) is 6.04. The van der Waals surface area contributed by atoms with E-state index in [4.69, 9.17) is 5.73 Å². The van der Waals surface area contributed by atoms with Crippen molar-refractivity contribution in [3.63, 3.8) is 0 Å². The lowest BCUT2D eigenvalue weighted by molar-refractivity contribution is -0.124. The van der Waals surface area contributed by atoms with E-state index in [0.29, 0.717) is 13.0 Å². The molecule has 0 spiro atoms. The average Bonchev–Trinajstić information content (AvgIpc) is 2.32. The molecule has 1 aliphatic rings. The third kappa shape index (κ3) is 6.42. The van der Waals surface area contributed by atoms with Gasteiger partial charge in [0.1, 0.15) is 0 Å². The molecule has 3 heteroatoms. The fourth-order valence-electron chi connectivity index (χ4n) is 2.79. The highest BCUT2D eigenvalue weighted by molar-refractivity contribution is 5.76. The summed E-state index contributed by atoms with van der Waals surface area (Å²) < 4.78 is 0. The Morgan fingerprint density at radius 3 is 2.42 bits per heavy atom. The van der Waals surface area contributed by atoms with Crippen LogP contribution in [0.3, 0.4) is 0 Å². The molecular formula is C16H32N2O. The van der Waals surface area contributed by atoms with Crippen molar-refractivity contribution in [1.82, 2.24) is 5.32 Å². The molecule has 0 aromatic carbocycles. The molecule has 1 amide bonds. The number of hydrogen-bond donors (Lipinski definition) is 2. The zero-order valence-corrected chi connectivity index (χ0v) is 12.8. The Morgan fingerprint density at radius 1 is 1.21 bits per heavy atom. The second-order valence-corrected chi connectivity index (χ2v) is 6.68. The largest absolute Gasteiger partial charge is 0.356 e. The molecule has 3 nitrogen and oxygen atoms in total. The van der Waals surface area contributed by atoms with Gasteiger partial charge in [-0.1, -0.05) is 46.0 Å². The lowest BCUT2D eigenvalue weighted by Crippen LogP contribution is -2.42. The first kappa shape index (κ1) is 16.5. The van der Waals surface area contributed by atoms with Crippen LogP contribution in [0.15, 0.2) is 0 Å². The highest BCUT2D eigenvalue weighted by Crippen LogP contribution is 2.42. The summed E-state index contributed by atoms with van der Waals surface area (Å²) in [5, 5.41) is 3.05. The van der Waals surface area contributed by atoms with E-state index in [0.717, 1.165) is 31.7 Å². The van der Waals surface area contributed by atoms with Crippen LogP contribution in [0.1, 0.15) is 71.6 Å². The second-order valence-electron chi connectivity index (χ2n) is 6.68. The molecule has 1 saturated carbocycles. The molecule has 0 heterocycles. The molecule has 0 aromatic heterocycles. The van der Waals surface area contributed by atoms with E-state index < -0.39 is 0 Å². The normalized spacial score (nSPS) is 17.3. The molecule has 0 unspecified atom stereocenters. The Morgan fingerprint density at radius 2 is 1.89 bits per heavy atom. The zero-order chi connectivity index (χ0) is 14.1. The van der Waals surface area contributed by atoms with Gasteiger partial charge in [0.15, 0.2) is 0 Å². The van der Waals surface area contributed by atoms with Crippen LogP contribution in [-0.2, 0) is 4.79 Å². The molecule has 3 N–H and O–H groups in total. The molecule has 0 saturated heterocycles. The fourth-order valence-corrected chi connectivity index (χ4v) is 2.79. The molecular weight excluding hydrogens is 236 g/mol. The predicted molar refractivity (Wildman–Crippen MR) is 80.9 cm³/mol. The van der Waals surface area contributed by atoms with Crippen LogP contribution in [0.4, 0.5) is 0 Å². The lowest BCUT2D eigenvalue weighted by Gasteiger charge is -2.40. The molecule has 1 fully saturated rings. The van der Waals surface area contributed by atoms with Crippen molar-refractivity contribution in [2.75, 3.05) is 13.1 Å². The van der Waals surface area contributed by atoms with Crippen molar-refractivity contribution in [3.8, 4) is 0 Å². The topological polar surface area (TPSA) is 55.1 Å². The van der Waals surface area contributed by atoms with Gasteiger partial charge in [-0.25, -0.2) is 0 Å². The number of carbonyl (C=O) groups is 1. The molecule has 1 aliphatic carbocycles. The van der Waals surface area contributed by atoms with Crippen molar-refractivity contribution in [2.45, 2.75) is 71.6 Å². The number of unbranched alkanes of at least 4 members (excludes halogenated alkanes) is 3. The van der Waals surface area contributed by atoms with E-state index in [2.05, 4.69) is 19.2 Å². The zero-order valence-electron chi connectivity index (χ0n) is 12.8. The highest BCUT2D eigenvalue weighted by Gasteiger charge is 2.37. The molecule has 0 radical (unpaired) electrons. The van der Waals surface area contributed by atoms with Gasteiger partial charge in [-0.05, 0) is 37.1 Å². The van der Waals surface area contributed by atoms with Crippen molar-refractivity contribution in [2.24, 2.45) is 17.1 Å². The summed E-state index contributed by atoms with van der Waals surface area (Å²) >= 11 is 0. The van der Waals surface area contributed by atoms with Gasteiger partial charge in [0.2, 0.25) is 5.91 Å². The standard InChI is InChI=1S/C16H32N2O/c1-14(2)8-5-3-4-6-11-18-15(19)12-16(13-17)9-7-10-16/h14H,3-13,17H2,1-2H3,(H,18,19). The summed E-state index contributed by atoms with van der Waals surface area (Å²) in [6, 6.07) is 0. The molecule has 0 aliphatic heterocycles. The summed E-state index contributed by atoms with van der Waals surface area (Å²) in [4.78, 5) is 11.8. The monoisotopic (exact) mass is 268 g/mol. The number of carbonyl (C=O) groups excluding carboxylic acids is 1. The summed E-state index contributed by atoms with van der Waals surface area (Å²) in [5.74, 6) is 1.02. The van der Waals surface area contributed by atoms with E-state index in [1.165, 1.54) is 32.1 Å². The maximum atomic E-state index is 11.8. The molecule has 112 valence electrons. The third-order valence-electron chi connectivity index (χ3n) is 4.41. The summed E-state index contributed by atoms with van der Waals surface area (Å²) in [5.41, 5.74) is 5.91. The van der Waals surface area contributed by atoms with Crippen LogP contribution in [0.2, 0.25) is 0 Å². The van der Waals surface area contributed by atoms with Gasteiger partial charge >= 0.3 is 0 Å². The molecule has 0 bridgehead atoms. The van der Waals surface area contributed by atoms with Crippen LogP contribution in [0.25, 0.3) is 0 Å². The Labute approximate surface area is 118 Å². The predicted octanol–water partition coefficient (Wildman–Crippen LogP) is 3.23.